The van der Waals surface area contributed by atoms with Crippen molar-refractivity contribution in [1.29, 1.82) is 0 Å². The minimum Gasteiger partial charge on any atom is -0.453 e. The highest BCUT2D eigenvalue weighted by Gasteiger charge is 2.37. The summed E-state index contributed by atoms with van der Waals surface area (Å²) in [6.45, 7) is 0. The van der Waals surface area contributed by atoms with Gasteiger partial charge in [0.25, 0.3) is 0 Å². The fraction of sp³-hybridized carbons (Fsp3) is 0. The quantitative estimate of drug-likeness (QED) is 0.249. The van der Waals surface area contributed by atoms with Gasteiger partial charge in [-0.05, 0) is 17.2 Å². The maximum Gasteiger partial charge on any atom is 0.164 e. The van der Waals surface area contributed by atoms with E-state index in [1.807, 2.05) is 30.6 Å². The molecular formula is C28H15N3O2S. The summed E-state index contributed by atoms with van der Waals surface area (Å²) in [5.41, 5.74) is 5.04. The third-order valence-corrected chi connectivity index (χ3v) is 7.52. The van der Waals surface area contributed by atoms with E-state index in [4.69, 9.17) is 9.47 Å². The van der Waals surface area contributed by atoms with Gasteiger partial charge >= 0.3 is 0 Å². The van der Waals surface area contributed by atoms with Crippen molar-refractivity contribution in [2.75, 3.05) is 4.90 Å². The molecule has 0 spiro atoms. The number of nitrogens with zero attached hydrogens (tertiary/aromatic N) is 3. The standard InChI is InChI=1S/C28H15N3O2S/c1-2-4-16(5-3-1)17-6-7-18-24(12-17)34-25-13-23-27-28(26(18)25)33-22-9-11-30-15-20(22)31(27)19-14-29-10-8-21(19)32-23/h1-15H. The summed E-state index contributed by atoms with van der Waals surface area (Å²) >= 11 is 1.76. The maximum absolute atomic E-state index is 6.56. The van der Waals surface area contributed by atoms with Crippen LogP contribution in [0.2, 0.25) is 0 Å². The van der Waals surface area contributed by atoms with Crippen molar-refractivity contribution in [2.45, 2.75) is 0 Å². The van der Waals surface area contributed by atoms with Gasteiger partial charge in [-0.15, -0.1) is 11.3 Å². The van der Waals surface area contributed by atoms with Crippen LogP contribution in [0.15, 0.2) is 91.5 Å². The van der Waals surface area contributed by atoms with E-state index < -0.39 is 0 Å². The van der Waals surface area contributed by atoms with Crippen LogP contribution < -0.4 is 14.4 Å². The predicted octanol–water partition coefficient (Wildman–Crippen LogP) is 8.19. The first kappa shape index (κ1) is 18.1. The number of fused-ring (bicyclic) bond motifs is 8. The smallest absolute Gasteiger partial charge is 0.164 e. The van der Waals surface area contributed by atoms with E-state index >= 15 is 0 Å². The summed E-state index contributed by atoms with van der Waals surface area (Å²) in [7, 11) is 0. The molecule has 8 rings (SSSR count). The third-order valence-electron chi connectivity index (χ3n) is 6.42. The minimum atomic E-state index is 0.761. The maximum atomic E-state index is 6.56. The lowest BCUT2D eigenvalue weighted by Crippen LogP contribution is -2.20. The molecule has 160 valence electrons. The van der Waals surface area contributed by atoms with Gasteiger partial charge in [-0.3, -0.25) is 14.9 Å². The zero-order chi connectivity index (χ0) is 22.2. The van der Waals surface area contributed by atoms with Crippen molar-refractivity contribution in [3.63, 3.8) is 0 Å². The van der Waals surface area contributed by atoms with Crippen LogP contribution in [0.1, 0.15) is 0 Å². The molecule has 0 fully saturated rings. The first-order chi connectivity index (χ1) is 16.8. The van der Waals surface area contributed by atoms with Crippen molar-refractivity contribution >= 4 is 48.6 Å². The van der Waals surface area contributed by atoms with Crippen LogP contribution >= 0.6 is 11.3 Å². The Bertz CT molecular complexity index is 1770. The number of anilines is 3. The Morgan fingerprint density at radius 2 is 1.44 bits per heavy atom. The predicted molar refractivity (Wildman–Crippen MR) is 135 cm³/mol. The normalized spacial score (nSPS) is 13.1. The molecule has 0 unspecified atom stereocenters. The van der Waals surface area contributed by atoms with Crippen LogP contribution in [-0.4, -0.2) is 9.97 Å². The summed E-state index contributed by atoms with van der Waals surface area (Å²) in [5.74, 6) is 3.10. The number of pyridine rings is 2. The molecule has 6 heteroatoms. The second-order valence-electron chi connectivity index (χ2n) is 8.33. The molecule has 6 aromatic rings. The lowest BCUT2D eigenvalue weighted by Gasteiger charge is -2.37. The fourth-order valence-electron chi connectivity index (χ4n) is 4.92. The van der Waals surface area contributed by atoms with Crippen LogP contribution in [0.25, 0.3) is 31.3 Å². The number of aromatic nitrogens is 2. The third kappa shape index (κ3) is 2.37. The molecule has 2 aliphatic rings. The zero-order valence-electron chi connectivity index (χ0n) is 17.7. The van der Waals surface area contributed by atoms with Crippen molar-refractivity contribution in [3.05, 3.63) is 91.5 Å². The molecule has 34 heavy (non-hydrogen) atoms. The molecule has 0 saturated carbocycles. The molecule has 0 amide bonds. The van der Waals surface area contributed by atoms with E-state index in [1.54, 1.807) is 23.7 Å². The highest BCUT2D eigenvalue weighted by atomic mass is 32.1. The molecule has 3 aromatic carbocycles. The fourth-order valence-corrected chi connectivity index (χ4v) is 6.10. The Labute approximate surface area is 198 Å². The molecule has 5 nitrogen and oxygen atoms in total. The van der Waals surface area contributed by atoms with E-state index in [1.165, 1.54) is 21.2 Å². The lowest BCUT2D eigenvalue weighted by molar-refractivity contribution is 0.449. The molecular weight excluding hydrogens is 442 g/mol. The van der Waals surface area contributed by atoms with E-state index in [2.05, 4.69) is 63.4 Å². The Balaban J connectivity index is 1.44. The topological polar surface area (TPSA) is 47.5 Å². The molecule has 5 heterocycles. The number of thiophene rings is 1. The Morgan fingerprint density at radius 1 is 0.676 bits per heavy atom. The first-order valence-corrected chi connectivity index (χ1v) is 11.8. The summed E-state index contributed by atoms with van der Waals surface area (Å²) in [6.07, 6.45) is 7.16. The highest BCUT2D eigenvalue weighted by molar-refractivity contribution is 7.26. The van der Waals surface area contributed by atoms with E-state index in [-0.39, 0.29) is 0 Å². The van der Waals surface area contributed by atoms with Crippen molar-refractivity contribution < 1.29 is 9.47 Å². The van der Waals surface area contributed by atoms with Crippen LogP contribution in [0, 0.1) is 0 Å². The summed E-state index contributed by atoms with van der Waals surface area (Å²) in [4.78, 5) is 10.9. The van der Waals surface area contributed by atoms with Gasteiger partial charge in [0.2, 0.25) is 0 Å². The van der Waals surface area contributed by atoms with Gasteiger partial charge in [0.1, 0.15) is 17.1 Å². The van der Waals surface area contributed by atoms with E-state index in [9.17, 15) is 0 Å². The number of hydrogen-bond donors (Lipinski definition) is 0. The van der Waals surface area contributed by atoms with E-state index in [0.29, 0.717) is 0 Å². The summed E-state index contributed by atoms with van der Waals surface area (Å²) in [5, 5.41) is 2.27. The molecule has 0 atom stereocenters. The first-order valence-electron chi connectivity index (χ1n) is 11.0. The molecule has 0 saturated heterocycles. The largest absolute Gasteiger partial charge is 0.453 e. The van der Waals surface area contributed by atoms with Crippen molar-refractivity contribution in [3.8, 4) is 34.1 Å². The summed E-state index contributed by atoms with van der Waals surface area (Å²) in [6, 6.07) is 23.0. The molecule has 0 radical (unpaired) electrons. The number of ether oxygens (including phenoxy) is 2. The number of hydrogen-bond acceptors (Lipinski definition) is 6. The van der Waals surface area contributed by atoms with Gasteiger partial charge < -0.3 is 9.47 Å². The van der Waals surface area contributed by atoms with Gasteiger partial charge in [0.05, 0.1) is 12.4 Å². The Hall–Kier alpha value is -4.42. The number of rotatable bonds is 1. The van der Waals surface area contributed by atoms with Gasteiger partial charge in [-0.25, -0.2) is 0 Å². The van der Waals surface area contributed by atoms with Crippen LogP contribution in [0.5, 0.6) is 23.0 Å². The average Bonchev–Trinajstić information content (AvgIpc) is 3.26. The molecule has 0 aliphatic carbocycles. The van der Waals surface area contributed by atoms with Gasteiger partial charge in [0.15, 0.2) is 23.0 Å². The lowest BCUT2D eigenvalue weighted by atomic mass is 10.0. The van der Waals surface area contributed by atoms with Gasteiger partial charge in [-0.1, -0.05) is 42.5 Å². The second-order valence-corrected chi connectivity index (χ2v) is 9.41. The highest BCUT2D eigenvalue weighted by Crippen LogP contribution is 2.62. The van der Waals surface area contributed by atoms with Crippen LogP contribution in [0.4, 0.5) is 17.1 Å². The molecule has 3 aromatic heterocycles. The Morgan fingerprint density at radius 3 is 2.24 bits per heavy atom. The van der Waals surface area contributed by atoms with E-state index in [0.717, 1.165) is 50.1 Å². The zero-order valence-corrected chi connectivity index (χ0v) is 18.5. The molecule has 0 N–H and O–H groups in total. The molecule has 0 bridgehead atoms. The van der Waals surface area contributed by atoms with Crippen LogP contribution in [0.3, 0.4) is 0 Å². The second kappa shape index (κ2) is 6.56. The van der Waals surface area contributed by atoms with Crippen molar-refractivity contribution in [1.82, 2.24) is 9.97 Å². The molecule has 2 aliphatic heterocycles. The summed E-state index contributed by atoms with van der Waals surface area (Å²) < 4.78 is 15.3. The van der Waals surface area contributed by atoms with Gasteiger partial charge in [0, 0.05) is 50.8 Å². The minimum absolute atomic E-state index is 0.761. The number of benzene rings is 3. The average molecular weight is 458 g/mol. The van der Waals surface area contributed by atoms with Crippen molar-refractivity contribution in [2.24, 2.45) is 0 Å². The van der Waals surface area contributed by atoms with Gasteiger partial charge in [-0.2, -0.15) is 0 Å². The Kier molecular flexibility index (Phi) is 3.48. The van der Waals surface area contributed by atoms with Crippen LogP contribution in [-0.2, 0) is 0 Å². The SMILES string of the molecule is c1ccc(-c2ccc3c(c2)sc2cc4c5c(c23)Oc2ccncc2N5c2cnccc2O4)cc1. The monoisotopic (exact) mass is 457 g/mol.